The van der Waals surface area contributed by atoms with Gasteiger partial charge in [-0.15, -0.1) is 0 Å². The van der Waals surface area contributed by atoms with Crippen LogP contribution in [0.15, 0.2) is 12.2 Å². The Labute approximate surface area is 76.5 Å². The molecule has 12 heavy (non-hydrogen) atoms. The van der Waals surface area contributed by atoms with Gasteiger partial charge in [0.2, 0.25) is 0 Å². The topological polar surface area (TPSA) is 26.3 Å². The fraction of sp³-hybridized carbons (Fsp3) is 0.778. The zero-order valence-corrected chi connectivity index (χ0v) is 8.36. The average molecular weight is 188 g/mol. The Morgan fingerprint density at radius 1 is 1.58 bits per heavy atom. The summed E-state index contributed by atoms with van der Waals surface area (Å²) in [6.45, 7) is 3.93. The fourth-order valence-corrected chi connectivity index (χ4v) is 1.74. The van der Waals surface area contributed by atoms with Gasteiger partial charge in [0.05, 0.1) is 6.10 Å². The van der Waals surface area contributed by atoms with Crippen LogP contribution in [0.2, 0.25) is 0 Å². The molecule has 1 fully saturated rings. The molecule has 1 atom stereocenters. The van der Waals surface area contributed by atoms with Crippen molar-refractivity contribution in [2.45, 2.75) is 31.8 Å². The van der Waals surface area contributed by atoms with Crippen molar-refractivity contribution in [1.82, 2.24) is 0 Å². The maximum atomic E-state index is 10.7. The van der Waals surface area contributed by atoms with Crippen molar-refractivity contribution >= 4 is 10.8 Å². The molecule has 1 rings (SSSR count). The number of hydrogen-bond donors (Lipinski definition) is 0. The molecule has 1 unspecified atom stereocenters. The standard InChI is InChI=1S/C9H16O2S/c1-8-3-5-9(6-4-8)11-7-12(2)10/h9H,1,3-7H2,2H3. The van der Waals surface area contributed by atoms with Crippen LogP contribution in [-0.4, -0.2) is 22.5 Å². The zero-order chi connectivity index (χ0) is 8.97. The van der Waals surface area contributed by atoms with E-state index in [1.54, 1.807) is 6.26 Å². The monoisotopic (exact) mass is 188 g/mol. The van der Waals surface area contributed by atoms with E-state index in [0.29, 0.717) is 12.0 Å². The summed E-state index contributed by atoms with van der Waals surface area (Å²) < 4.78 is 16.2. The smallest absolute Gasteiger partial charge is 0.122 e. The predicted molar refractivity (Wildman–Crippen MR) is 51.4 cm³/mol. The molecule has 1 aliphatic rings. The van der Waals surface area contributed by atoms with E-state index in [-0.39, 0.29) is 0 Å². The van der Waals surface area contributed by atoms with Gasteiger partial charge in [-0.2, -0.15) is 0 Å². The average Bonchev–Trinajstić information content (AvgIpc) is 2.03. The highest BCUT2D eigenvalue weighted by atomic mass is 32.2. The van der Waals surface area contributed by atoms with Crippen LogP contribution >= 0.6 is 0 Å². The molecule has 2 nitrogen and oxygen atoms in total. The van der Waals surface area contributed by atoms with E-state index in [9.17, 15) is 4.21 Å². The molecule has 0 saturated heterocycles. The second-order valence-electron chi connectivity index (χ2n) is 3.31. The lowest BCUT2D eigenvalue weighted by Crippen LogP contribution is -2.19. The van der Waals surface area contributed by atoms with Gasteiger partial charge in [-0.25, -0.2) is 0 Å². The quantitative estimate of drug-likeness (QED) is 0.632. The molecule has 70 valence electrons. The molecular formula is C9H16O2S. The van der Waals surface area contributed by atoms with Crippen molar-refractivity contribution in [3.05, 3.63) is 12.2 Å². The van der Waals surface area contributed by atoms with E-state index in [2.05, 4.69) is 6.58 Å². The van der Waals surface area contributed by atoms with Gasteiger partial charge in [0.15, 0.2) is 0 Å². The number of rotatable bonds is 3. The molecule has 0 radical (unpaired) electrons. The van der Waals surface area contributed by atoms with Gasteiger partial charge in [-0.1, -0.05) is 12.2 Å². The van der Waals surface area contributed by atoms with E-state index in [1.807, 2.05) is 0 Å². The van der Waals surface area contributed by atoms with Gasteiger partial charge in [-0.3, -0.25) is 4.21 Å². The van der Waals surface area contributed by atoms with Crippen molar-refractivity contribution in [3.63, 3.8) is 0 Å². The highest BCUT2D eigenvalue weighted by Crippen LogP contribution is 2.23. The van der Waals surface area contributed by atoms with Crippen LogP contribution in [0.5, 0.6) is 0 Å². The van der Waals surface area contributed by atoms with Crippen molar-refractivity contribution in [2.24, 2.45) is 0 Å². The van der Waals surface area contributed by atoms with Gasteiger partial charge >= 0.3 is 0 Å². The van der Waals surface area contributed by atoms with E-state index >= 15 is 0 Å². The predicted octanol–water partition coefficient (Wildman–Crippen LogP) is 1.84. The highest BCUT2D eigenvalue weighted by Gasteiger charge is 2.15. The Morgan fingerprint density at radius 2 is 2.17 bits per heavy atom. The van der Waals surface area contributed by atoms with Crippen molar-refractivity contribution in [3.8, 4) is 0 Å². The first-order chi connectivity index (χ1) is 5.68. The zero-order valence-electron chi connectivity index (χ0n) is 7.54. The minimum atomic E-state index is -0.821. The summed E-state index contributed by atoms with van der Waals surface area (Å²) in [4.78, 5) is 0. The molecule has 0 aromatic rings. The Morgan fingerprint density at radius 3 is 2.67 bits per heavy atom. The third kappa shape index (κ3) is 3.50. The lowest BCUT2D eigenvalue weighted by Gasteiger charge is -2.22. The van der Waals surface area contributed by atoms with Crippen molar-refractivity contribution in [2.75, 3.05) is 12.2 Å². The normalized spacial score (nSPS) is 22.6. The Hall–Kier alpha value is -0.150. The molecule has 0 amide bonds. The summed E-state index contributed by atoms with van der Waals surface area (Å²) in [5, 5.41) is 0. The third-order valence-corrected chi connectivity index (χ3v) is 2.58. The van der Waals surface area contributed by atoms with Crippen LogP contribution in [0.3, 0.4) is 0 Å². The van der Waals surface area contributed by atoms with Crippen LogP contribution in [0.25, 0.3) is 0 Å². The lowest BCUT2D eigenvalue weighted by molar-refractivity contribution is 0.0674. The van der Waals surface area contributed by atoms with E-state index < -0.39 is 10.8 Å². The molecule has 0 aromatic carbocycles. The maximum Gasteiger partial charge on any atom is 0.122 e. The number of hydrogen-bond acceptors (Lipinski definition) is 2. The molecular weight excluding hydrogens is 172 g/mol. The largest absolute Gasteiger partial charge is 0.365 e. The minimum absolute atomic E-state index is 0.319. The van der Waals surface area contributed by atoms with Crippen LogP contribution in [0.1, 0.15) is 25.7 Å². The van der Waals surface area contributed by atoms with Gasteiger partial charge in [0, 0.05) is 17.1 Å². The van der Waals surface area contributed by atoms with E-state index in [0.717, 1.165) is 25.7 Å². The second kappa shape index (κ2) is 4.77. The Kier molecular flexibility index (Phi) is 3.95. The summed E-state index contributed by atoms with van der Waals surface area (Å²) in [5.41, 5.74) is 1.33. The van der Waals surface area contributed by atoms with E-state index in [4.69, 9.17) is 4.74 Å². The van der Waals surface area contributed by atoms with Crippen molar-refractivity contribution < 1.29 is 8.95 Å². The van der Waals surface area contributed by atoms with Crippen LogP contribution < -0.4 is 0 Å². The Balaban J connectivity index is 2.17. The van der Waals surface area contributed by atoms with Crippen LogP contribution in [0, 0.1) is 0 Å². The Bertz CT molecular complexity index is 179. The molecule has 0 N–H and O–H groups in total. The second-order valence-corrected chi connectivity index (χ2v) is 4.69. The third-order valence-electron chi connectivity index (χ3n) is 2.11. The minimum Gasteiger partial charge on any atom is -0.365 e. The first-order valence-electron chi connectivity index (χ1n) is 4.27. The molecule has 1 saturated carbocycles. The summed E-state index contributed by atoms with van der Waals surface area (Å²) in [6, 6.07) is 0. The summed E-state index contributed by atoms with van der Waals surface area (Å²) in [7, 11) is -0.821. The molecule has 0 aromatic heterocycles. The maximum absolute atomic E-state index is 10.7. The number of ether oxygens (including phenoxy) is 1. The van der Waals surface area contributed by atoms with Crippen LogP contribution in [-0.2, 0) is 15.5 Å². The fourth-order valence-electron chi connectivity index (χ4n) is 1.36. The summed E-state index contributed by atoms with van der Waals surface area (Å²) in [5.74, 6) is 0.386. The van der Waals surface area contributed by atoms with Gasteiger partial charge in [0.25, 0.3) is 0 Å². The molecule has 0 bridgehead atoms. The molecule has 0 aliphatic heterocycles. The molecule has 1 aliphatic carbocycles. The van der Waals surface area contributed by atoms with Gasteiger partial charge in [0.1, 0.15) is 5.94 Å². The van der Waals surface area contributed by atoms with Crippen molar-refractivity contribution in [1.29, 1.82) is 0 Å². The SMILES string of the molecule is C=C1CCC(OCS(C)=O)CC1. The molecule has 3 heteroatoms. The van der Waals surface area contributed by atoms with E-state index in [1.165, 1.54) is 5.57 Å². The lowest BCUT2D eigenvalue weighted by atomic mass is 9.94. The molecule has 0 heterocycles. The van der Waals surface area contributed by atoms with Gasteiger partial charge in [-0.05, 0) is 25.7 Å². The first kappa shape index (κ1) is 9.93. The number of allylic oxidation sites excluding steroid dienone is 1. The summed E-state index contributed by atoms with van der Waals surface area (Å²) in [6.07, 6.45) is 6.23. The summed E-state index contributed by atoms with van der Waals surface area (Å²) >= 11 is 0. The highest BCUT2D eigenvalue weighted by molar-refractivity contribution is 7.84. The molecule has 0 spiro atoms. The van der Waals surface area contributed by atoms with Gasteiger partial charge < -0.3 is 4.74 Å². The van der Waals surface area contributed by atoms with Crippen LogP contribution in [0.4, 0.5) is 0 Å². The first-order valence-corrected chi connectivity index (χ1v) is 5.99.